The number of amides is 1. The molecule has 0 radical (unpaired) electrons. The second-order valence-electron chi connectivity index (χ2n) is 7.11. The fourth-order valence-corrected chi connectivity index (χ4v) is 4.10. The van der Waals surface area contributed by atoms with Crippen molar-refractivity contribution >= 4 is 28.8 Å². The molecule has 28 heavy (non-hydrogen) atoms. The van der Waals surface area contributed by atoms with Crippen LogP contribution in [0.5, 0.6) is 5.75 Å². The van der Waals surface area contributed by atoms with Gasteiger partial charge < -0.3 is 9.64 Å². The Balaban J connectivity index is 1.34. The van der Waals surface area contributed by atoms with Crippen LogP contribution in [0.3, 0.4) is 0 Å². The Morgan fingerprint density at radius 2 is 2.07 bits per heavy atom. The lowest BCUT2D eigenvalue weighted by atomic mass is 10.2. The Bertz CT molecular complexity index is 788. The monoisotopic (exact) mass is 421 g/mol. The van der Waals surface area contributed by atoms with Crippen LogP contribution in [-0.2, 0) is 17.8 Å². The minimum Gasteiger partial charge on any atom is -0.494 e. The van der Waals surface area contributed by atoms with Gasteiger partial charge in [0.1, 0.15) is 5.75 Å². The van der Waals surface area contributed by atoms with Gasteiger partial charge in [-0.25, -0.2) is 4.98 Å². The van der Waals surface area contributed by atoms with E-state index in [1.165, 1.54) is 5.01 Å². The Morgan fingerprint density at radius 1 is 1.29 bits per heavy atom. The van der Waals surface area contributed by atoms with Gasteiger partial charge >= 0.3 is 0 Å². The van der Waals surface area contributed by atoms with Crippen molar-refractivity contribution in [2.45, 2.75) is 39.7 Å². The van der Waals surface area contributed by atoms with Crippen LogP contribution in [0.25, 0.3) is 0 Å². The molecule has 2 heterocycles. The van der Waals surface area contributed by atoms with E-state index in [0.717, 1.165) is 67.6 Å². The van der Waals surface area contributed by atoms with Gasteiger partial charge in [-0.15, -0.1) is 11.3 Å². The zero-order valence-corrected chi connectivity index (χ0v) is 18.2. The lowest BCUT2D eigenvalue weighted by molar-refractivity contribution is -0.133. The van der Waals surface area contributed by atoms with Gasteiger partial charge in [0.05, 0.1) is 17.3 Å². The predicted molar refractivity (Wildman–Crippen MR) is 114 cm³/mol. The highest BCUT2D eigenvalue weighted by atomic mass is 35.5. The van der Waals surface area contributed by atoms with Crippen LogP contribution in [0.4, 0.5) is 0 Å². The second-order valence-corrected chi connectivity index (χ2v) is 8.46. The van der Waals surface area contributed by atoms with E-state index in [4.69, 9.17) is 16.3 Å². The number of thiazole rings is 1. The maximum Gasteiger partial charge on any atom is 0.222 e. The average molecular weight is 422 g/mol. The van der Waals surface area contributed by atoms with Crippen LogP contribution < -0.4 is 4.74 Å². The maximum absolute atomic E-state index is 12.4. The van der Waals surface area contributed by atoms with Crippen molar-refractivity contribution < 1.29 is 9.53 Å². The molecule has 0 bridgehead atoms. The number of aryl methyl sites for hydroxylation is 2. The van der Waals surface area contributed by atoms with E-state index < -0.39 is 0 Å². The summed E-state index contributed by atoms with van der Waals surface area (Å²) in [6, 6.07) is 5.63. The number of carbonyl (C=O) groups excluding carboxylic acids is 1. The number of carbonyl (C=O) groups is 1. The van der Waals surface area contributed by atoms with Gasteiger partial charge in [0, 0.05) is 49.5 Å². The van der Waals surface area contributed by atoms with Crippen LogP contribution in [-0.4, -0.2) is 53.5 Å². The molecule has 152 valence electrons. The van der Waals surface area contributed by atoms with E-state index in [2.05, 4.69) is 22.2 Å². The minimum atomic E-state index is 0.220. The number of hydrogen-bond donors (Lipinski definition) is 0. The van der Waals surface area contributed by atoms with Crippen LogP contribution >= 0.6 is 22.9 Å². The lowest BCUT2D eigenvalue weighted by Gasteiger charge is -2.34. The van der Waals surface area contributed by atoms with Crippen molar-refractivity contribution in [1.82, 2.24) is 14.8 Å². The molecule has 0 spiro atoms. The molecule has 0 saturated carbocycles. The number of benzene rings is 1. The molecule has 1 saturated heterocycles. The van der Waals surface area contributed by atoms with E-state index >= 15 is 0 Å². The largest absolute Gasteiger partial charge is 0.494 e. The number of hydrogen-bond acceptors (Lipinski definition) is 5. The standard InChI is InChI=1S/C21H28ClN3O2S/c1-3-20-23-17(15-28-20)14-24-8-10-25(11-9-24)21(26)5-4-12-27-18-6-7-19(22)16(2)13-18/h6-7,13,15H,3-5,8-12,14H2,1-2H3. The molecule has 0 unspecified atom stereocenters. The Kier molecular flexibility index (Phi) is 7.71. The molecule has 0 aliphatic carbocycles. The fraction of sp³-hybridized carbons (Fsp3) is 0.524. The smallest absolute Gasteiger partial charge is 0.222 e. The van der Waals surface area contributed by atoms with Crippen LogP contribution in [0.15, 0.2) is 23.6 Å². The van der Waals surface area contributed by atoms with E-state index in [1.807, 2.05) is 30.0 Å². The second kappa shape index (κ2) is 10.2. The lowest BCUT2D eigenvalue weighted by Crippen LogP contribution is -2.48. The van der Waals surface area contributed by atoms with Crippen LogP contribution in [0, 0.1) is 6.92 Å². The molecule has 3 rings (SSSR count). The first kappa shape index (κ1) is 21.1. The number of halogens is 1. The molecule has 5 nitrogen and oxygen atoms in total. The first-order chi connectivity index (χ1) is 13.5. The third kappa shape index (κ3) is 5.93. The summed E-state index contributed by atoms with van der Waals surface area (Å²) in [5.41, 5.74) is 2.15. The summed E-state index contributed by atoms with van der Waals surface area (Å²) < 4.78 is 5.73. The SMILES string of the molecule is CCc1nc(CN2CCN(C(=O)CCCOc3ccc(Cl)c(C)c3)CC2)cs1. The van der Waals surface area contributed by atoms with Crippen molar-refractivity contribution in [3.63, 3.8) is 0 Å². The molecule has 1 aromatic heterocycles. The van der Waals surface area contributed by atoms with E-state index in [1.54, 1.807) is 11.3 Å². The topological polar surface area (TPSA) is 45.7 Å². The van der Waals surface area contributed by atoms with Crippen molar-refractivity contribution in [3.8, 4) is 5.75 Å². The van der Waals surface area contributed by atoms with Crippen LogP contribution in [0.1, 0.15) is 36.0 Å². The number of aromatic nitrogens is 1. The van der Waals surface area contributed by atoms with Gasteiger partial charge in [0.15, 0.2) is 0 Å². The molecule has 1 fully saturated rings. The van der Waals surface area contributed by atoms with Gasteiger partial charge in [-0.05, 0) is 43.5 Å². The van der Waals surface area contributed by atoms with Gasteiger partial charge in [0.25, 0.3) is 0 Å². The van der Waals surface area contributed by atoms with Gasteiger partial charge in [-0.3, -0.25) is 9.69 Å². The molecular weight excluding hydrogens is 394 g/mol. The quantitative estimate of drug-likeness (QED) is 0.600. The highest BCUT2D eigenvalue weighted by molar-refractivity contribution is 7.09. The minimum absolute atomic E-state index is 0.220. The number of piperazine rings is 1. The summed E-state index contributed by atoms with van der Waals surface area (Å²) in [7, 11) is 0. The average Bonchev–Trinajstić information content (AvgIpc) is 3.16. The van der Waals surface area contributed by atoms with Gasteiger partial charge in [0.2, 0.25) is 5.91 Å². The van der Waals surface area contributed by atoms with Crippen molar-refractivity contribution in [3.05, 3.63) is 44.9 Å². The van der Waals surface area contributed by atoms with E-state index in [0.29, 0.717) is 13.0 Å². The molecule has 1 aliphatic heterocycles. The summed E-state index contributed by atoms with van der Waals surface area (Å²) >= 11 is 7.75. The maximum atomic E-state index is 12.4. The van der Waals surface area contributed by atoms with E-state index in [9.17, 15) is 4.79 Å². The summed E-state index contributed by atoms with van der Waals surface area (Å²) in [5, 5.41) is 4.08. The highest BCUT2D eigenvalue weighted by Crippen LogP contribution is 2.21. The molecule has 1 aliphatic rings. The third-order valence-electron chi connectivity index (χ3n) is 4.95. The van der Waals surface area contributed by atoms with Crippen LogP contribution in [0.2, 0.25) is 5.02 Å². The molecule has 1 aromatic carbocycles. The first-order valence-electron chi connectivity index (χ1n) is 9.87. The van der Waals surface area contributed by atoms with Crippen molar-refractivity contribution in [2.24, 2.45) is 0 Å². The van der Waals surface area contributed by atoms with Gasteiger partial charge in [-0.1, -0.05) is 18.5 Å². The molecular formula is C21H28ClN3O2S. The van der Waals surface area contributed by atoms with E-state index in [-0.39, 0.29) is 5.91 Å². The Labute approximate surface area is 176 Å². The third-order valence-corrected chi connectivity index (χ3v) is 6.41. The number of nitrogens with zero attached hydrogens (tertiary/aromatic N) is 3. The predicted octanol–water partition coefficient (Wildman–Crippen LogP) is 4.17. The van der Waals surface area contributed by atoms with Crippen molar-refractivity contribution in [1.29, 1.82) is 0 Å². The molecule has 0 N–H and O–H groups in total. The summed E-state index contributed by atoms with van der Waals surface area (Å²) in [4.78, 5) is 21.4. The van der Waals surface area contributed by atoms with Crippen molar-refractivity contribution in [2.75, 3.05) is 32.8 Å². The fourth-order valence-electron chi connectivity index (χ4n) is 3.25. The van der Waals surface area contributed by atoms with Gasteiger partial charge in [-0.2, -0.15) is 0 Å². The Hall–Kier alpha value is -1.63. The highest BCUT2D eigenvalue weighted by Gasteiger charge is 2.21. The Morgan fingerprint density at radius 3 is 2.75 bits per heavy atom. The zero-order chi connectivity index (χ0) is 19.9. The molecule has 7 heteroatoms. The first-order valence-corrected chi connectivity index (χ1v) is 11.1. The summed E-state index contributed by atoms with van der Waals surface area (Å²) in [6.45, 7) is 8.91. The zero-order valence-electron chi connectivity index (χ0n) is 16.6. The number of ether oxygens (including phenoxy) is 1. The summed E-state index contributed by atoms with van der Waals surface area (Å²) in [6.07, 6.45) is 2.24. The summed E-state index contributed by atoms with van der Waals surface area (Å²) in [5.74, 6) is 1.02. The molecule has 1 amide bonds. The molecule has 2 aromatic rings. The normalized spacial score (nSPS) is 15.0. The number of rotatable bonds is 8. The molecule has 0 atom stereocenters.